The van der Waals surface area contributed by atoms with Gasteiger partial charge in [0.1, 0.15) is 0 Å². The summed E-state index contributed by atoms with van der Waals surface area (Å²) in [5, 5.41) is 3.34. The predicted octanol–water partition coefficient (Wildman–Crippen LogP) is 3.58. The smallest absolute Gasteiger partial charge is 0.251 e. The number of amides is 1. The van der Waals surface area contributed by atoms with Gasteiger partial charge in [0.15, 0.2) is 5.16 Å². The highest BCUT2D eigenvalue weighted by atomic mass is 32.2. The molecule has 0 saturated heterocycles. The highest BCUT2D eigenvalue weighted by Gasteiger charge is 2.07. The Balaban J connectivity index is 1.92. The molecule has 128 valence electrons. The number of aromatic amines is 1. The lowest BCUT2D eigenvalue weighted by Crippen LogP contribution is -2.16. The summed E-state index contributed by atoms with van der Waals surface area (Å²) in [5.41, 5.74) is 2.58. The van der Waals surface area contributed by atoms with Crippen LogP contribution >= 0.6 is 11.8 Å². The van der Waals surface area contributed by atoms with Gasteiger partial charge in [0, 0.05) is 17.4 Å². The number of carbonyl (C=O) groups is 1. The van der Waals surface area contributed by atoms with E-state index < -0.39 is 0 Å². The summed E-state index contributed by atoms with van der Waals surface area (Å²) in [5.74, 6) is 0.536. The third-order valence-corrected chi connectivity index (χ3v) is 4.35. The van der Waals surface area contributed by atoms with Crippen molar-refractivity contribution in [1.29, 1.82) is 0 Å². The maximum atomic E-state index is 12.0. The number of carbonyl (C=O) groups excluding carboxylic acids is 1. The van der Waals surface area contributed by atoms with E-state index >= 15 is 0 Å². The maximum Gasteiger partial charge on any atom is 0.251 e. The van der Waals surface area contributed by atoms with Gasteiger partial charge in [-0.15, -0.1) is 0 Å². The Morgan fingerprint density at radius 2 is 2.00 bits per heavy atom. The largest absolute Gasteiger partial charge is 0.325 e. The summed E-state index contributed by atoms with van der Waals surface area (Å²) in [6, 6.07) is 9.34. The molecule has 2 rings (SSSR count). The zero-order valence-electron chi connectivity index (χ0n) is 14.3. The van der Waals surface area contributed by atoms with E-state index in [9.17, 15) is 9.59 Å². The van der Waals surface area contributed by atoms with Crippen molar-refractivity contribution in [1.82, 2.24) is 9.97 Å². The number of thioether (sulfide) groups is 1. The normalized spacial score (nSPS) is 10.8. The molecule has 0 aliphatic carbocycles. The number of nitrogens with zero attached hydrogens (tertiary/aromatic N) is 1. The average molecular weight is 345 g/mol. The van der Waals surface area contributed by atoms with Crippen molar-refractivity contribution >= 4 is 23.4 Å². The molecule has 0 saturated carbocycles. The minimum Gasteiger partial charge on any atom is -0.325 e. The quantitative estimate of drug-likeness (QED) is 0.594. The predicted molar refractivity (Wildman–Crippen MR) is 98.7 cm³/mol. The summed E-state index contributed by atoms with van der Waals surface area (Å²) in [7, 11) is 0. The van der Waals surface area contributed by atoms with Gasteiger partial charge in [0.25, 0.3) is 5.56 Å². The van der Waals surface area contributed by atoms with Gasteiger partial charge < -0.3 is 10.3 Å². The van der Waals surface area contributed by atoms with E-state index in [1.165, 1.54) is 23.4 Å². The lowest BCUT2D eigenvalue weighted by atomic mass is 10.0. The number of anilines is 1. The highest BCUT2D eigenvalue weighted by Crippen LogP contribution is 2.18. The lowest BCUT2D eigenvalue weighted by molar-refractivity contribution is -0.113. The average Bonchev–Trinajstić information content (AvgIpc) is 2.53. The molecule has 0 bridgehead atoms. The Labute approximate surface area is 146 Å². The van der Waals surface area contributed by atoms with Crippen LogP contribution in [0.5, 0.6) is 0 Å². The van der Waals surface area contributed by atoms with Gasteiger partial charge in [-0.2, -0.15) is 0 Å². The highest BCUT2D eigenvalue weighted by molar-refractivity contribution is 7.99. The number of aryl methyl sites for hydroxylation is 1. The van der Waals surface area contributed by atoms with E-state index in [-0.39, 0.29) is 17.2 Å². The van der Waals surface area contributed by atoms with Crippen LogP contribution in [-0.4, -0.2) is 21.6 Å². The first-order valence-electron chi connectivity index (χ1n) is 8.10. The standard InChI is InChI=1S/C18H23N3O2S/c1-4-5-15-10-16(22)21-18(20-15)24-11-17(23)19-14-8-6-13(7-9-14)12(2)3/h6-10,12H,4-5,11H2,1-3H3,(H,19,23)(H,20,21,22). The molecule has 5 nitrogen and oxygen atoms in total. The lowest BCUT2D eigenvalue weighted by Gasteiger charge is -2.08. The fraction of sp³-hybridized carbons (Fsp3) is 0.389. The number of aromatic nitrogens is 2. The Bertz CT molecular complexity index is 739. The summed E-state index contributed by atoms with van der Waals surface area (Å²) in [4.78, 5) is 30.7. The molecular formula is C18H23N3O2S. The molecule has 2 aromatic rings. The number of hydrogen-bond acceptors (Lipinski definition) is 4. The zero-order chi connectivity index (χ0) is 17.5. The summed E-state index contributed by atoms with van der Waals surface area (Å²) in [6.45, 7) is 6.29. The summed E-state index contributed by atoms with van der Waals surface area (Å²) < 4.78 is 0. The van der Waals surface area contributed by atoms with Gasteiger partial charge in [-0.1, -0.05) is 51.1 Å². The van der Waals surface area contributed by atoms with E-state index in [4.69, 9.17) is 0 Å². The van der Waals surface area contributed by atoms with Gasteiger partial charge in [0.05, 0.1) is 5.75 Å². The molecule has 0 unspecified atom stereocenters. The Hall–Kier alpha value is -2.08. The molecule has 0 radical (unpaired) electrons. The third-order valence-electron chi connectivity index (χ3n) is 3.48. The molecule has 0 aliphatic heterocycles. The van der Waals surface area contributed by atoms with Crippen molar-refractivity contribution in [2.75, 3.05) is 11.1 Å². The van der Waals surface area contributed by atoms with Gasteiger partial charge in [-0.25, -0.2) is 4.98 Å². The van der Waals surface area contributed by atoms with Crippen LogP contribution in [0.3, 0.4) is 0 Å². The van der Waals surface area contributed by atoms with Gasteiger partial charge >= 0.3 is 0 Å². The van der Waals surface area contributed by atoms with Crippen LogP contribution in [-0.2, 0) is 11.2 Å². The van der Waals surface area contributed by atoms with Crippen LogP contribution in [0.4, 0.5) is 5.69 Å². The van der Waals surface area contributed by atoms with Crippen molar-refractivity contribution in [2.24, 2.45) is 0 Å². The molecule has 2 N–H and O–H groups in total. The minimum atomic E-state index is -0.180. The SMILES string of the molecule is CCCc1cc(=O)[nH]c(SCC(=O)Nc2ccc(C(C)C)cc2)n1. The van der Waals surface area contributed by atoms with Crippen molar-refractivity contribution in [2.45, 2.75) is 44.7 Å². The van der Waals surface area contributed by atoms with Crippen LogP contribution < -0.4 is 10.9 Å². The number of benzene rings is 1. The molecule has 0 aliphatic rings. The van der Waals surface area contributed by atoms with Crippen molar-refractivity contribution < 1.29 is 4.79 Å². The second-order valence-electron chi connectivity index (χ2n) is 5.91. The third kappa shape index (κ3) is 5.53. The Kier molecular flexibility index (Phi) is 6.61. The van der Waals surface area contributed by atoms with Crippen LogP contribution in [0.1, 0.15) is 44.4 Å². The molecule has 6 heteroatoms. The molecule has 1 heterocycles. The number of rotatable bonds is 7. The molecular weight excluding hydrogens is 322 g/mol. The fourth-order valence-corrected chi connectivity index (χ4v) is 2.91. The first-order chi connectivity index (χ1) is 11.5. The molecule has 1 aromatic carbocycles. The van der Waals surface area contributed by atoms with Crippen LogP contribution in [0.15, 0.2) is 40.3 Å². The summed E-state index contributed by atoms with van der Waals surface area (Å²) >= 11 is 1.23. The van der Waals surface area contributed by atoms with E-state index in [0.29, 0.717) is 11.1 Å². The number of hydrogen-bond donors (Lipinski definition) is 2. The number of H-pyrrole nitrogens is 1. The van der Waals surface area contributed by atoms with E-state index in [1.54, 1.807) is 0 Å². The van der Waals surface area contributed by atoms with Gasteiger partial charge in [-0.3, -0.25) is 9.59 Å². The zero-order valence-corrected chi connectivity index (χ0v) is 15.1. The van der Waals surface area contributed by atoms with E-state index in [0.717, 1.165) is 24.2 Å². The first-order valence-corrected chi connectivity index (χ1v) is 9.09. The maximum absolute atomic E-state index is 12.0. The van der Waals surface area contributed by atoms with E-state index in [1.807, 2.05) is 31.2 Å². The molecule has 0 spiro atoms. The Morgan fingerprint density at radius 3 is 2.62 bits per heavy atom. The number of nitrogens with one attached hydrogen (secondary N) is 2. The summed E-state index contributed by atoms with van der Waals surface area (Å²) in [6.07, 6.45) is 1.68. The van der Waals surface area contributed by atoms with Crippen molar-refractivity contribution in [3.05, 3.63) is 51.9 Å². The Morgan fingerprint density at radius 1 is 1.29 bits per heavy atom. The first kappa shape index (κ1) is 18.3. The molecule has 0 atom stereocenters. The van der Waals surface area contributed by atoms with Gasteiger partial charge in [-0.05, 0) is 30.0 Å². The minimum absolute atomic E-state index is 0.124. The van der Waals surface area contributed by atoms with Crippen molar-refractivity contribution in [3.63, 3.8) is 0 Å². The fourth-order valence-electron chi connectivity index (χ4n) is 2.22. The molecule has 1 aromatic heterocycles. The van der Waals surface area contributed by atoms with Gasteiger partial charge in [0.2, 0.25) is 5.91 Å². The molecule has 0 fully saturated rings. The second kappa shape index (κ2) is 8.68. The second-order valence-corrected chi connectivity index (χ2v) is 6.87. The van der Waals surface area contributed by atoms with E-state index in [2.05, 4.69) is 29.1 Å². The van der Waals surface area contributed by atoms with Crippen molar-refractivity contribution in [3.8, 4) is 0 Å². The van der Waals surface area contributed by atoms with Crippen LogP contribution in [0, 0.1) is 0 Å². The van der Waals surface area contributed by atoms with Crippen LogP contribution in [0.25, 0.3) is 0 Å². The van der Waals surface area contributed by atoms with Crippen LogP contribution in [0.2, 0.25) is 0 Å². The molecule has 1 amide bonds. The molecule has 24 heavy (non-hydrogen) atoms. The topological polar surface area (TPSA) is 74.8 Å². The monoisotopic (exact) mass is 345 g/mol.